The molecule has 1 aliphatic rings. The molecule has 0 radical (unpaired) electrons. The molecule has 0 bridgehead atoms. The van der Waals surface area contributed by atoms with Gasteiger partial charge in [0.2, 0.25) is 5.91 Å². The summed E-state index contributed by atoms with van der Waals surface area (Å²) in [5.41, 5.74) is 6.70. The number of hydrogen-bond donors (Lipinski definition) is 2. The molecule has 2 rings (SSSR count). The van der Waals surface area contributed by atoms with Crippen LogP contribution in [0.5, 0.6) is 0 Å². The normalized spacial score (nSPS) is 18.6. The van der Waals surface area contributed by atoms with Crippen molar-refractivity contribution in [3.8, 4) is 0 Å². The SMILES string of the molecule is CC1(C(=O)Nc2ccncc2N)CCCCC1. The average Bonchev–Trinajstić information content (AvgIpc) is 2.33. The fraction of sp³-hybridized carbons (Fsp3) is 0.538. The van der Waals surface area contributed by atoms with Crippen LogP contribution in [0.25, 0.3) is 0 Å². The van der Waals surface area contributed by atoms with E-state index in [4.69, 9.17) is 5.73 Å². The molecule has 1 aliphatic carbocycles. The van der Waals surface area contributed by atoms with Gasteiger partial charge >= 0.3 is 0 Å². The Bertz CT molecular complexity index is 411. The second kappa shape index (κ2) is 4.73. The van der Waals surface area contributed by atoms with Crippen LogP contribution in [0, 0.1) is 5.41 Å². The van der Waals surface area contributed by atoms with Gasteiger partial charge in [0.15, 0.2) is 0 Å². The Morgan fingerprint density at radius 3 is 2.76 bits per heavy atom. The van der Waals surface area contributed by atoms with Gasteiger partial charge in [-0.25, -0.2) is 0 Å². The lowest BCUT2D eigenvalue weighted by atomic mass is 9.75. The first kappa shape index (κ1) is 11.9. The minimum absolute atomic E-state index is 0.0788. The quantitative estimate of drug-likeness (QED) is 0.825. The number of pyridine rings is 1. The van der Waals surface area contributed by atoms with Gasteiger partial charge in [0.25, 0.3) is 0 Å². The summed E-state index contributed by atoms with van der Waals surface area (Å²) >= 11 is 0. The van der Waals surface area contributed by atoms with Crippen LogP contribution in [-0.4, -0.2) is 10.9 Å². The summed E-state index contributed by atoms with van der Waals surface area (Å²) < 4.78 is 0. The van der Waals surface area contributed by atoms with E-state index in [-0.39, 0.29) is 11.3 Å². The van der Waals surface area contributed by atoms with E-state index < -0.39 is 0 Å². The highest BCUT2D eigenvalue weighted by molar-refractivity contribution is 5.97. The molecule has 92 valence electrons. The smallest absolute Gasteiger partial charge is 0.230 e. The lowest BCUT2D eigenvalue weighted by Gasteiger charge is -2.32. The van der Waals surface area contributed by atoms with Crippen LogP contribution >= 0.6 is 0 Å². The van der Waals surface area contributed by atoms with E-state index in [1.165, 1.54) is 6.42 Å². The van der Waals surface area contributed by atoms with Crippen LogP contribution in [0.4, 0.5) is 11.4 Å². The molecule has 1 aromatic heterocycles. The molecule has 4 nitrogen and oxygen atoms in total. The van der Waals surface area contributed by atoms with Crippen molar-refractivity contribution in [2.75, 3.05) is 11.1 Å². The Kier molecular flexibility index (Phi) is 3.31. The van der Waals surface area contributed by atoms with E-state index in [1.807, 2.05) is 6.92 Å². The summed E-state index contributed by atoms with van der Waals surface area (Å²) in [4.78, 5) is 16.2. The predicted molar refractivity (Wildman–Crippen MR) is 68.5 cm³/mol. The summed E-state index contributed by atoms with van der Waals surface area (Å²) in [5, 5.41) is 2.92. The lowest BCUT2D eigenvalue weighted by molar-refractivity contribution is -0.126. The third-order valence-electron chi connectivity index (χ3n) is 3.61. The third kappa shape index (κ3) is 2.57. The highest BCUT2D eigenvalue weighted by Crippen LogP contribution is 2.37. The highest BCUT2D eigenvalue weighted by Gasteiger charge is 2.34. The Hall–Kier alpha value is -1.58. The van der Waals surface area contributed by atoms with Crippen LogP contribution in [-0.2, 0) is 4.79 Å². The Balaban J connectivity index is 2.08. The van der Waals surface area contributed by atoms with E-state index in [0.29, 0.717) is 11.4 Å². The zero-order valence-corrected chi connectivity index (χ0v) is 10.2. The molecule has 1 amide bonds. The summed E-state index contributed by atoms with van der Waals surface area (Å²) in [6, 6.07) is 1.74. The standard InChI is InChI=1S/C13H19N3O/c1-13(6-3-2-4-7-13)12(17)16-11-5-8-15-9-10(11)14/h5,8-9H,2-4,6-7,14H2,1H3,(H,15,16,17). The molecule has 0 aliphatic heterocycles. The van der Waals surface area contributed by atoms with Crippen LogP contribution in [0.3, 0.4) is 0 Å². The number of nitrogen functional groups attached to an aromatic ring is 1. The number of nitrogens with one attached hydrogen (secondary N) is 1. The number of anilines is 2. The number of hydrogen-bond acceptors (Lipinski definition) is 3. The number of carbonyl (C=O) groups excluding carboxylic acids is 1. The van der Waals surface area contributed by atoms with E-state index in [2.05, 4.69) is 10.3 Å². The van der Waals surface area contributed by atoms with Crippen molar-refractivity contribution in [3.63, 3.8) is 0 Å². The predicted octanol–water partition coefficient (Wildman–Crippen LogP) is 2.57. The fourth-order valence-electron chi connectivity index (χ4n) is 2.35. The minimum atomic E-state index is -0.242. The first-order valence-corrected chi connectivity index (χ1v) is 6.13. The van der Waals surface area contributed by atoms with Gasteiger partial charge < -0.3 is 11.1 Å². The number of nitrogens with zero attached hydrogens (tertiary/aromatic N) is 1. The van der Waals surface area contributed by atoms with Crippen molar-refractivity contribution in [1.29, 1.82) is 0 Å². The van der Waals surface area contributed by atoms with Gasteiger partial charge in [0, 0.05) is 11.6 Å². The van der Waals surface area contributed by atoms with Gasteiger partial charge in [0.05, 0.1) is 17.6 Å². The zero-order chi connectivity index (χ0) is 12.3. The molecule has 3 N–H and O–H groups in total. The number of carbonyl (C=O) groups is 1. The second-order valence-electron chi connectivity index (χ2n) is 5.04. The van der Waals surface area contributed by atoms with E-state index in [9.17, 15) is 4.79 Å². The first-order valence-electron chi connectivity index (χ1n) is 6.13. The fourth-order valence-corrected chi connectivity index (χ4v) is 2.35. The second-order valence-corrected chi connectivity index (χ2v) is 5.04. The Morgan fingerprint density at radius 1 is 1.41 bits per heavy atom. The molecule has 0 unspecified atom stereocenters. The van der Waals surface area contributed by atoms with Crippen molar-refractivity contribution in [2.24, 2.45) is 5.41 Å². The summed E-state index contributed by atoms with van der Waals surface area (Å²) in [5.74, 6) is 0.0788. The summed E-state index contributed by atoms with van der Waals surface area (Å²) in [7, 11) is 0. The number of aromatic nitrogens is 1. The van der Waals surface area contributed by atoms with Crippen LogP contribution in [0.15, 0.2) is 18.5 Å². The van der Waals surface area contributed by atoms with Crippen molar-refractivity contribution in [3.05, 3.63) is 18.5 Å². The van der Waals surface area contributed by atoms with Crippen LogP contribution in [0.1, 0.15) is 39.0 Å². The third-order valence-corrected chi connectivity index (χ3v) is 3.61. The van der Waals surface area contributed by atoms with Crippen molar-refractivity contribution in [2.45, 2.75) is 39.0 Å². The molecule has 1 aromatic rings. The zero-order valence-electron chi connectivity index (χ0n) is 10.2. The highest BCUT2D eigenvalue weighted by atomic mass is 16.2. The van der Waals surface area contributed by atoms with Crippen molar-refractivity contribution >= 4 is 17.3 Å². The molecular formula is C13H19N3O. The van der Waals surface area contributed by atoms with Crippen LogP contribution < -0.4 is 11.1 Å². The molecule has 1 saturated carbocycles. The van der Waals surface area contributed by atoms with Crippen molar-refractivity contribution in [1.82, 2.24) is 4.98 Å². The van der Waals surface area contributed by atoms with Gasteiger partial charge in [0.1, 0.15) is 0 Å². The van der Waals surface area contributed by atoms with Gasteiger partial charge in [-0.05, 0) is 18.9 Å². The van der Waals surface area contributed by atoms with E-state index >= 15 is 0 Å². The minimum Gasteiger partial charge on any atom is -0.396 e. The Morgan fingerprint density at radius 2 is 2.12 bits per heavy atom. The van der Waals surface area contributed by atoms with E-state index in [0.717, 1.165) is 25.7 Å². The van der Waals surface area contributed by atoms with Gasteiger partial charge in [-0.3, -0.25) is 9.78 Å². The molecule has 0 atom stereocenters. The number of nitrogens with two attached hydrogens (primary N) is 1. The van der Waals surface area contributed by atoms with Gasteiger partial charge in [-0.2, -0.15) is 0 Å². The van der Waals surface area contributed by atoms with E-state index in [1.54, 1.807) is 18.5 Å². The average molecular weight is 233 g/mol. The van der Waals surface area contributed by atoms with Gasteiger partial charge in [-0.15, -0.1) is 0 Å². The molecule has 1 heterocycles. The molecule has 4 heteroatoms. The number of rotatable bonds is 2. The van der Waals surface area contributed by atoms with Crippen LogP contribution in [0.2, 0.25) is 0 Å². The summed E-state index contributed by atoms with van der Waals surface area (Å²) in [6.07, 6.45) is 8.62. The maximum atomic E-state index is 12.3. The molecule has 17 heavy (non-hydrogen) atoms. The monoisotopic (exact) mass is 233 g/mol. The maximum Gasteiger partial charge on any atom is 0.230 e. The first-order chi connectivity index (χ1) is 8.12. The molecule has 1 fully saturated rings. The largest absolute Gasteiger partial charge is 0.396 e. The van der Waals surface area contributed by atoms with Crippen molar-refractivity contribution < 1.29 is 4.79 Å². The summed E-state index contributed by atoms with van der Waals surface area (Å²) in [6.45, 7) is 2.04. The van der Waals surface area contributed by atoms with Gasteiger partial charge in [-0.1, -0.05) is 26.2 Å². The maximum absolute atomic E-state index is 12.3. The Labute approximate surface area is 102 Å². The topological polar surface area (TPSA) is 68.0 Å². The number of amides is 1. The lowest BCUT2D eigenvalue weighted by Crippen LogP contribution is -2.35. The molecule has 0 aromatic carbocycles. The molecule has 0 saturated heterocycles. The molecular weight excluding hydrogens is 214 g/mol. The molecule has 0 spiro atoms.